The van der Waals surface area contributed by atoms with Crippen LogP contribution in [0.5, 0.6) is 0 Å². The predicted octanol–water partition coefficient (Wildman–Crippen LogP) is 4.60. The minimum absolute atomic E-state index is 0.0208. The molecule has 0 radical (unpaired) electrons. The van der Waals surface area contributed by atoms with E-state index in [-0.39, 0.29) is 23.5 Å². The molecule has 4 heteroatoms. The number of hydrogen-bond donors (Lipinski definition) is 1. The van der Waals surface area contributed by atoms with Gasteiger partial charge < -0.3 is 5.11 Å². The van der Waals surface area contributed by atoms with E-state index in [4.69, 9.17) is 5.11 Å². The third-order valence-corrected chi connectivity index (χ3v) is 4.17. The zero-order chi connectivity index (χ0) is 15.7. The lowest BCUT2D eigenvalue weighted by Gasteiger charge is -2.16. The maximum Gasteiger partial charge on any atom is 0.303 e. The first kappa shape index (κ1) is 14.7. The van der Waals surface area contributed by atoms with Gasteiger partial charge in [-0.05, 0) is 48.4 Å². The fourth-order valence-corrected chi connectivity index (χ4v) is 2.90. The maximum atomic E-state index is 14.1. The van der Waals surface area contributed by atoms with Crippen molar-refractivity contribution in [3.05, 3.63) is 59.7 Å². The second-order valence-corrected chi connectivity index (χ2v) is 5.76. The van der Waals surface area contributed by atoms with Crippen LogP contribution in [0.15, 0.2) is 42.5 Å². The summed E-state index contributed by atoms with van der Waals surface area (Å²) >= 11 is 0. The van der Waals surface area contributed by atoms with Crippen molar-refractivity contribution in [2.75, 3.05) is 0 Å². The number of carboxylic acids is 1. The van der Waals surface area contributed by atoms with Gasteiger partial charge >= 0.3 is 5.97 Å². The first-order valence-electron chi connectivity index (χ1n) is 7.32. The van der Waals surface area contributed by atoms with Gasteiger partial charge in [-0.1, -0.05) is 24.3 Å². The van der Waals surface area contributed by atoms with Crippen molar-refractivity contribution in [3.8, 4) is 11.1 Å². The summed E-state index contributed by atoms with van der Waals surface area (Å²) in [7, 11) is 0. The molecular weight excluding hydrogens is 286 g/mol. The van der Waals surface area contributed by atoms with Crippen LogP contribution in [-0.2, 0) is 4.79 Å². The third-order valence-electron chi connectivity index (χ3n) is 4.17. The molecular formula is C18H16F2O2. The summed E-state index contributed by atoms with van der Waals surface area (Å²) in [4.78, 5) is 11.1. The normalized spacial score (nSPS) is 15.5. The number of hydrogen-bond acceptors (Lipinski definition) is 1. The smallest absolute Gasteiger partial charge is 0.303 e. The Labute approximate surface area is 127 Å². The van der Waals surface area contributed by atoms with Gasteiger partial charge in [-0.2, -0.15) is 0 Å². The monoisotopic (exact) mass is 302 g/mol. The zero-order valence-electron chi connectivity index (χ0n) is 11.9. The molecule has 0 saturated heterocycles. The van der Waals surface area contributed by atoms with Crippen molar-refractivity contribution in [1.29, 1.82) is 0 Å². The fourth-order valence-electron chi connectivity index (χ4n) is 2.90. The Balaban J connectivity index is 2.02. The van der Waals surface area contributed by atoms with E-state index < -0.39 is 17.6 Å². The number of aliphatic carboxylic acids is 1. The van der Waals surface area contributed by atoms with Crippen LogP contribution in [0.4, 0.5) is 8.78 Å². The summed E-state index contributed by atoms with van der Waals surface area (Å²) in [6, 6.07) is 10.5. The van der Waals surface area contributed by atoms with Crippen molar-refractivity contribution >= 4 is 5.97 Å². The first-order chi connectivity index (χ1) is 10.6. The van der Waals surface area contributed by atoms with E-state index in [1.54, 1.807) is 24.3 Å². The molecule has 114 valence electrons. The highest BCUT2D eigenvalue weighted by atomic mass is 19.1. The van der Waals surface area contributed by atoms with Crippen molar-refractivity contribution in [2.24, 2.45) is 5.92 Å². The average Bonchev–Trinajstić information content (AvgIpc) is 3.31. The highest BCUT2D eigenvalue weighted by Gasteiger charge is 2.34. The van der Waals surface area contributed by atoms with E-state index in [0.29, 0.717) is 5.92 Å². The molecule has 0 amide bonds. The highest BCUT2D eigenvalue weighted by molar-refractivity contribution is 5.69. The summed E-state index contributed by atoms with van der Waals surface area (Å²) in [6.45, 7) is 0. The van der Waals surface area contributed by atoms with Gasteiger partial charge in [0.05, 0.1) is 6.42 Å². The maximum absolute atomic E-state index is 14.1. The Morgan fingerprint density at radius 3 is 2.41 bits per heavy atom. The molecule has 1 fully saturated rings. The summed E-state index contributed by atoms with van der Waals surface area (Å²) in [5.41, 5.74) is 1.16. The molecule has 1 N–H and O–H groups in total. The van der Waals surface area contributed by atoms with E-state index in [1.807, 2.05) is 0 Å². The van der Waals surface area contributed by atoms with Gasteiger partial charge in [0.25, 0.3) is 0 Å². The van der Waals surface area contributed by atoms with E-state index in [0.717, 1.165) is 18.4 Å². The average molecular weight is 302 g/mol. The van der Waals surface area contributed by atoms with Crippen LogP contribution < -0.4 is 0 Å². The molecule has 2 nitrogen and oxygen atoms in total. The number of carboxylic acid groups (broad SMARTS) is 1. The molecule has 0 aromatic heterocycles. The van der Waals surface area contributed by atoms with Gasteiger partial charge in [0.15, 0.2) is 0 Å². The standard InChI is InChI=1S/C18H16F2O2/c19-16-4-2-1-3-13(16)15-9-12(7-8-17(15)20)14(10-18(21)22)11-5-6-11/h1-4,7-9,11,14H,5-6,10H2,(H,21,22). The Bertz CT molecular complexity index is 708. The lowest BCUT2D eigenvalue weighted by molar-refractivity contribution is -0.137. The molecule has 1 aliphatic carbocycles. The SMILES string of the molecule is O=C(O)CC(c1ccc(F)c(-c2ccccc2F)c1)C1CC1. The number of benzene rings is 2. The van der Waals surface area contributed by atoms with E-state index in [1.165, 1.54) is 18.2 Å². The van der Waals surface area contributed by atoms with Crippen molar-refractivity contribution in [1.82, 2.24) is 0 Å². The fraction of sp³-hybridized carbons (Fsp3) is 0.278. The minimum Gasteiger partial charge on any atom is -0.481 e. The molecule has 1 atom stereocenters. The van der Waals surface area contributed by atoms with Gasteiger partial charge in [-0.15, -0.1) is 0 Å². The van der Waals surface area contributed by atoms with Crippen LogP contribution >= 0.6 is 0 Å². The lowest BCUT2D eigenvalue weighted by Crippen LogP contribution is -2.09. The van der Waals surface area contributed by atoms with E-state index >= 15 is 0 Å². The largest absolute Gasteiger partial charge is 0.481 e. The molecule has 1 aliphatic rings. The Hall–Kier alpha value is -2.23. The molecule has 0 aliphatic heterocycles. The molecule has 2 aromatic rings. The van der Waals surface area contributed by atoms with Crippen LogP contribution in [0.2, 0.25) is 0 Å². The molecule has 0 heterocycles. The topological polar surface area (TPSA) is 37.3 Å². The third kappa shape index (κ3) is 3.01. The van der Waals surface area contributed by atoms with Gasteiger partial charge in [0.1, 0.15) is 11.6 Å². The Morgan fingerprint density at radius 2 is 1.77 bits per heavy atom. The predicted molar refractivity (Wildman–Crippen MR) is 79.5 cm³/mol. The highest BCUT2D eigenvalue weighted by Crippen LogP contribution is 2.45. The zero-order valence-corrected chi connectivity index (χ0v) is 11.9. The summed E-state index contributed by atoms with van der Waals surface area (Å²) in [6.07, 6.45) is 2.00. The summed E-state index contributed by atoms with van der Waals surface area (Å²) in [5.74, 6) is -1.66. The molecule has 0 spiro atoms. The van der Waals surface area contributed by atoms with Crippen LogP contribution in [0.25, 0.3) is 11.1 Å². The number of rotatable bonds is 5. The first-order valence-corrected chi connectivity index (χ1v) is 7.32. The van der Waals surface area contributed by atoms with Crippen molar-refractivity contribution in [3.63, 3.8) is 0 Å². The van der Waals surface area contributed by atoms with Crippen molar-refractivity contribution in [2.45, 2.75) is 25.2 Å². The van der Waals surface area contributed by atoms with Crippen LogP contribution in [0, 0.1) is 17.6 Å². The minimum atomic E-state index is -0.867. The molecule has 0 bridgehead atoms. The number of halogens is 2. The van der Waals surface area contributed by atoms with E-state index in [9.17, 15) is 13.6 Å². The second kappa shape index (κ2) is 5.87. The number of carbonyl (C=O) groups is 1. The van der Waals surface area contributed by atoms with Gasteiger partial charge in [0, 0.05) is 11.1 Å². The van der Waals surface area contributed by atoms with Crippen LogP contribution in [0.3, 0.4) is 0 Å². The van der Waals surface area contributed by atoms with Gasteiger partial charge in [-0.25, -0.2) is 8.78 Å². The Morgan fingerprint density at radius 1 is 1.09 bits per heavy atom. The second-order valence-electron chi connectivity index (χ2n) is 5.76. The molecule has 3 rings (SSSR count). The molecule has 22 heavy (non-hydrogen) atoms. The molecule has 2 aromatic carbocycles. The molecule has 1 saturated carbocycles. The summed E-state index contributed by atoms with van der Waals surface area (Å²) < 4.78 is 28.0. The lowest BCUT2D eigenvalue weighted by atomic mass is 9.88. The molecule has 1 unspecified atom stereocenters. The van der Waals surface area contributed by atoms with Crippen LogP contribution in [0.1, 0.15) is 30.7 Å². The van der Waals surface area contributed by atoms with E-state index in [2.05, 4.69) is 0 Å². The van der Waals surface area contributed by atoms with Gasteiger partial charge in [-0.3, -0.25) is 4.79 Å². The Kier molecular flexibility index (Phi) is 3.92. The van der Waals surface area contributed by atoms with Crippen molar-refractivity contribution < 1.29 is 18.7 Å². The van der Waals surface area contributed by atoms with Crippen LogP contribution in [-0.4, -0.2) is 11.1 Å². The summed E-state index contributed by atoms with van der Waals surface area (Å²) in [5, 5.41) is 9.07. The quantitative estimate of drug-likeness (QED) is 0.876. The van der Waals surface area contributed by atoms with Gasteiger partial charge in [0.2, 0.25) is 0 Å².